The molecule has 16 heavy (non-hydrogen) atoms. The van der Waals surface area contributed by atoms with Crippen LogP contribution in [-0.4, -0.2) is 33.7 Å². The maximum absolute atomic E-state index is 5.26. The summed E-state index contributed by atoms with van der Waals surface area (Å²) in [7, 11) is 0. The van der Waals surface area contributed by atoms with E-state index in [9.17, 15) is 0 Å². The van der Waals surface area contributed by atoms with E-state index in [0.717, 1.165) is 13.2 Å². The summed E-state index contributed by atoms with van der Waals surface area (Å²) in [5, 5.41) is 4.28. The molecule has 0 spiro atoms. The molecule has 93 valence electrons. The molecule has 2 atom stereocenters. The minimum absolute atomic E-state index is 0. The minimum atomic E-state index is 0. The molecule has 0 amide bonds. The van der Waals surface area contributed by atoms with Crippen LogP contribution in [0.5, 0.6) is 0 Å². The molecule has 2 saturated heterocycles. The number of morpholine rings is 1. The van der Waals surface area contributed by atoms with Crippen LogP contribution in [0.1, 0.15) is 48.5 Å². The molecular weight excluding hydrogens is 423 g/mol. The fraction of sp³-hybridized carbons (Fsp3) is 0.917. The molecule has 2 heterocycles. The van der Waals surface area contributed by atoms with Crippen LogP contribution < -0.4 is 0 Å². The van der Waals surface area contributed by atoms with E-state index in [2.05, 4.69) is 26.1 Å². The van der Waals surface area contributed by atoms with Crippen LogP contribution in [0.3, 0.4) is 0 Å². The van der Waals surface area contributed by atoms with Crippen molar-refractivity contribution in [3.8, 4) is 0 Å². The van der Waals surface area contributed by atoms with E-state index in [1.807, 2.05) is 13.8 Å². The standard InChI is InChI=1S/C5H8NO.C4H9.C2H6.CH4.B.U/c1-4-3-7-5(1)2-6-4;1-4(2)3;1-2;;;/h4-5H,1-3H2;1-3H3;1-2H3;1H4;;/q2*-1;;;;+2. The smallest absolute Gasteiger partial charge is 0.655 e. The van der Waals surface area contributed by atoms with E-state index in [4.69, 9.17) is 4.74 Å². The van der Waals surface area contributed by atoms with Crippen molar-refractivity contribution in [1.29, 1.82) is 0 Å². The second-order valence-electron chi connectivity index (χ2n) is 3.71. The van der Waals surface area contributed by atoms with Crippen molar-refractivity contribution in [1.82, 2.24) is 0 Å². The Hall–Kier alpha value is 1.04. The third-order valence-corrected chi connectivity index (χ3v) is 1.63. The number of hydrogen-bond acceptors (Lipinski definition) is 1. The Morgan fingerprint density at radius 2 is 1.62 bits per heavy atom. The Morgan fingerprint density at radius 1 is 1.19 bits per heavy atom. The number of nitrogens with zero attached hydrogens (tertiary/aromatic N) is 1. The van der Waals surface area contributed by atoms with E-state index < -0.39 is 0 Å². The Kier molecular flexibility index (Phi) is 25.8. The van der Waals surface area contributed by atoms with Gasteiger partial charge < -0.3 is 16.0 Å². The topological polar surface area (TPSA) is 23.3 Å². The summed E-state index contributed by atoms with van der Waals surface area (Å²) < 4.78 is 5.26. The monoisotopic (exact) mass is 450 g/mol. The maximum Gasteiger partial charge on any atom is 2.00 e. The zero-order chi connectivity index (χ0) is 10.3. The second-order valence-corrected chi connectivity index (χ2v) is 3.71. The molecule has 2 aliphatic rings. The summed E-state index contributed by atoms with van der Waals surface area (Å²) in [6, 6.07) is 0.574. The first-order valence-corrected chi connectivity index (χ1v) is 5.23. The average molecular weight is 450 g/mol. The zero-order valence-electron chi connectivity index (χ0n) is 10.7. The van der Waals surface area contributed by atoms with Crippen LogP contribution in [-0.2, 0) is 4.74 Å². The largest absolute Gasteiger partial charge is 2.00 e. The van der Waals surface area contributed by atoms with Crippen LogP contribution in [0.15, 0.2) is 0 Å². The van der Waals surface area contributed by atoms with Gasteiger partial charge in [-0.2, -0.15) is 20.8 Å². The summed E-state index contributed by atoms with van der Waals surface area (Å²) in [5.74, 6) is 1.42. The quantitative estimate of drug-likeness (QED) is 0.410. The van der Waals surface area contributed by atoms with Crippen molar-refractivity contribution in [3.05, 3.63) is 11.2 Å². The van der Waals surface area contributed by atoms with Crippen LogP contribution in [0, 0.1) is 37.0 Å². The summed E-state index contributed by atoms with van der Waals surface area (Å²) in [6.45, 7) is 12.1. The molecule has 0 saturated carbocycles. The van der Waals surface area contributed by atoms with Gasteiger partial charge in [0, 0.05) is 21.1 Å². The number of rotatable bonds is 0. The Bertz CT molecular complexity index is 105. The maximum atomic E-state index is 5.26. The van der Waals surface area contributed by atoms with E-state index in [1.165, 1.54) is 12.3 Å². The van der Waals surface area contributed by atoms with Crippen molar-refractivity contribution >= 4 is 8.41 Å². The minimum Gasteiger partial charge on any atom is -0.655 e. The Morgan fingerprint density at radius 3 is 1.69 bits per heavy atom. The van der Waals surface area contributed by atoms with Gasteiger partial charge in [0.2, 0.25) is 0 Å². The third kappa shape index (κ3) is 13.1. The molecule has 0 aliphatic carbocycles. The van der Waals surface area contributed by atoms with E-state index in [1.54, 1.807) is 0 Å². The van der Waals surface area contributed by atoms with Gasteiger partial charge in [0.25, 0.3) is 0 Å². The van der Waals surface area contributed by atoms with Gasteiger partial charge in [-0.05, 0) is 6.42 Å². The first-order chi connectivity index (χ1) is 6.18. The molecule has 2 fully saturated rings. The first-order valence-electron chi connectivity index (χ1n) is 5.23. The van der Waals surface area contributed by atoms with Crippen molar-refractivity contribution in [2.75, 3.05) is 13.2 Å². The molecule has 2 rings (SSSR count). The van der Waals surface area contributed by atoms with Gasteiger partial charge in [0.05, 0.1) is 0 Å². The summed E-state index contributed by atoms with van der Waals surface area (Å²) in [4.78, 5) is 0. The molecule has 2 unspecified atom stereocenters. The van der Waals surface area contributed by atoms with Gasteiger partial charge in [-0.3, -0.25) is 0 Å². The van der Waals surface area contributed by atoms with Crippen LogP contribution >= 0.6 is 0 Å². The molecule has 0 N–H and O–H groups in total. The molecule has 4 heteroatoms. The Balaban J connectivity index is -0.0000000726. The zero-order valence-corrected chi connectivity index (χ0v) is 14.9. The van der Waals surface area contributed by atoms with E-state index in [-0.39, 0.29) is 47.0 Å². The molecule has 0 aromatic carbocycles. The molecule has 2 nitrogen and oxygen atoms in total. The average Bonchev–Trinajstić information content (AvgIpc) is 2.69. The van der Waals surface area contributed by atoms with Crippen molar-refractivity contribution < 1.29 is 35.9 Å². The number of fused-ring (bicyclic) bond motifs is 2. The third-order valence-electron chi connectivity index (χ3n) is 1.63. The molecular formula is C12H27BNOU. The molecule has 0 aromatic heterocycles. The Labute approximate surface area is 129 Å². The predicted octanol–water partition coefficient (Wildman–Crippen LogP) is 3.43. The first kappa shape index (κ1) is 25.8. The van der Waals surface area contributed by atoms with Crippen LogP contribution in [0.25, 0.3) is 5.32 Å². The second kappa shape index (κ2) is 16.0. The van der Waals surface area contributed by atoms with Crippen molar-refractivity contribution in [2.24, 2.45) is 0 Å². The van der Waals surface area contributed by atoms with Crippen molar-refractivity contribution in [2.45, 2.75) is 60.6 Å². The van der Waals surface area contributed by atoms with E-state index in [0.29, 0.717) is 12.1 Å². The van der Waals surface area contributed by atoms with Gasteiger partial charge in [-0.15, -0.1) is 12.6 Å². The molecule has 0 aromatic rings. The number of ether oxygens (including phenoxy) is 1. The summed E-state index contributed by atoms with van der Waals surface area (Å²) in [6.07, 6.45) is 1.70. The SMILES string of the molecule is C.C1OC2C[N-]C1C2.CC.C[C-](C)C.[B].[U+2]. The number of hydrogen-bond donors (Lipinski definition) is 0. The fourth-order valence-corrected chi connectivity index (χ4v) is 1.21. The van der Waals surface area contributed by atoms with Gasteiger partial charge >= 0.3 is 31.1 Å². The fourth-order valence-electron chi connectivity index (χ4n) is 1.21. The van der Waals surface area contributed by atoms with Crippen LogP contribution in [0.4, 0.5) is 0 Å². The van der Waals surface area contributed by atoms with Gasteiger partial charge in [-0.25, -0.2) is 0 Å². The van der Waals surface area contributed by atoms with E-state index >= 15 is 0 Å². The van der Waals surface area contributed by atoms with Crippen LogP contribution in [0.2, 0.25) is 0 Å². The molecule has 2 bridgehead atoms. The molecule has 2 aliphatic heterocycles. The van der Waals surface area contributed by atoms with Crippen molar-refractivity contribution in [3.63, 3.8) is 0 Å². The summed E-state index contributed by atoms with van der Waals surface area (Å²) >= 11 is 0. The van der Waals surface area contributed by atoms with Gasteiger partial charge in [0.15, 0.2) is 0 Å². The summed E-state index contributed by atoms with van der Waals surface area (Å²) in [5.41, 5.74) is 0. The van der Waals surface area contributed by atoms with Gasteiger partial charge in [-0.1, -0.05) is 21.3 Å². The normalized spacial score (nSPS) is 23.6. The molecule has 3 radical (unpaired) electrons. The predicted molar refractivity (Wildman–Crippen MR) is 70.5 cm³/mol. The van der Waals surface area contributed by atoms with Gasteiger partial charge in [0.1, 0.15) is 0 Å².